The number of hydrogen-bond donors (Lipinski definition) is 6. The van der Waals surface area contributed by atoms with Gasteiger partial charge in [0.05, 0.1) is 6.61 Å². The predicted molar refractivity (Wildman–Crippen MR) is 203 cm³/mol. The maximum absolute atomic E-state index is 12.7. The second kappa shape index (κ2) is 31.0. The number of carbonyl (C=O) groups excluding carboxylic acids is 2. The number of phosphoric acid groups is 1. The van der Waals surface area contributed by atoms with E-state index in [1.54, 1.807) is 0 Å². The molecule has 0 radical (unpaired) electrons. The van der Waals surface area contributed by atoms with Crippen LogP contribution in [-0.2, 0) is 32.7 Å². The number of hydrogen-bond acceptors (Lipinski definition) is 12. The minimum absolute atomic E-state index is 0.103. The fraction of sp³-hybridized carbons (Fsp3) is 0.949. The van der Waals surface area contributed by atoms with Crippen molar-refractivity contribution in [3.8, 4) is 0 Å². The summed E-state index contributed by atoms with van der Waals surface area (Å²) in [6.07, 6.45) is 15.5. The second-order valence-electron chi connectivity index (χ2n) is 14.9. The third-order valence-corrected chi connectivity index (χ3v) is 10.9. The molecule has 6 unspecified atom stereocenters. The van der Waals surface area contributed by atoms with Crippen molar-refractivity contribution in [1.82, 2.24) is 0 Å². The highest BCUT2D eigenvalue weighted by molar-refractivity contribution is 7.47. The van der Waals surface area contributed by atoms with Gasteiger partial charge in [0.15, 0.2) is 6.10 Å². The molecule has 0 amide bonds. The first kappa shape index (κ1) is 49.9. The highest BCUT2D eigenvalue weighted by Crippen LogP contribution is 2.47. The van der Waals surface area contributed by atoms with Crippen LogP contribution in [0.1, 0.15) is 181 Å². The second-order valence-corrected chi connectivity index (χ2v) is 16.3. The predicted octanol–water partition coefficient (Wildman–Crippen LogP) is 6.94. The van der Waals surface area contributed by atoms with E-state index in [0.717, 1.165) is 38.5 Å². The Hall–Kier alpha value is -1.15. The Morgan fingerprint density at radius 1 is 0.509 bits per heavy atom. The fourth-order valence-corrected chi connectivity index (χ4v) is 7.50. The zero-order valence-electron chi connectivity index (χ0n) is 32.8. The van der Waals surface area contributed by atoms with Crippen molar-refractivity contribution in [2.24, 2.45) is 0 Å². The molecule has 0 aromatic rings. The van der Waals surface area contributed by atoms with Gasteiger partial charge in [-0.15, -0.1) is 0 Å². The molecule has 1 aliphatic carbocycles. The van der Waals surface area contributed by atoms with Gasteiger partial charge in [0.25, 0.3) is 0 Å². The van der Waals surface area contributed by atoms with Crippen molar-refractivity contribution in [2.45, 2.75) is 224 Å². The number of phosphoric ester groups is 1. The molecule has 0 aromatic heterocycles. The Labute approximate surface area is 319 Å². The average Bonchev–Trinajstić information content (AvgIpc) is 3.13. The fourth-order valence-electron chi connectivity index (χ4n) is 6.52. The standard InChI is InChI=1S/C39H75O13P/c1-3-5-7-9-10-11-12-13-14-15-16-17-18-19-20-21-22-23-24-26-28-33(41)51-31(29-49-32(40)27-25-8-6-4-2)30-50-53(47,48)52-39-37(45)35(43)34(42)36(44)38(39)46/h31,34-39,42-46H,3-30H2,1-2H3,(H,47,48). The smallest absolute Gasteiger partial charge is 0.462 e. The van der Waals surface area contributed by atoms with Gasteiger partial charge in [0.1, 0.15) is 43.2 Å². The summed E-state index contributed by atoms with van der Waals surface area (Å²) in [5.74, 6) is -1.11. The molecule has 53 heavy (non-hydrogen) atoms. The van der Waals surface area contributed by atoms with E-state index in [0.29, 0.717) is 12.8 Å². The van der Waals surface area contributed by atoms with Crippen LogP contribution in [0.15, 0.2) is 0 Å². The zero-order valence-corrected chi connectivity index (χ0v) is 33.7. The molecule has 0 aromatic carbocycles. The Kier molecular flexibility index (Phi) is 29.2. The SMILES string of the molecule is CCCCCCCCCCCCCCCCCCCCCCC(=O)OC(COC(=O)CCCCCC)COP(=O)(O)OC1C(O)C(O)C(O)C(O)C1O. The topological polar surface area (TPSA) is 210 Å². The normalized spacial score (nSPS) is 23.4. The summed E-state index contributed by atoms with van der Waals surface area (Å²) >= 11 is 0. The molecule has 1 saturated carbocycles. The molecule has 1 aliphatic rings. The van der Waals surface area contributed by atoms with Crippen LogP contribution >= 0.6 is 7.82 Å². The first-order chi connectivity index (χ1) is 25.4. The van der Waals surface area contributed by atoms with Crippen molar-refractivity contribution in [3.63, 3.8) is 0 Å². The number of rotatable bonds is 34. The lowest BCUT2D eigenvalue weighted by molar-refractivity contribution is -0.220. The molecule has 1 rings (SSSR count). The van der Waals surface area contributed by atoms with E-state index in [2.05, 4.69) is 6.92 Å². The third kappa shape index (κ3) is 24.2. The summed E-state index contributed by atoms with van der Waals surface area (Å²) in [7, 11) is -5.09. The van der Waals surface area contributed by atoms with Gasteiger partial charge in [-0.1, -0.05) is 155 Å². The highest BCUT2D eigenvalue weighted by atomic mass is 31.2. The maximum Gasteiger partial charge on any atom is 0.472 e. The molecule has 0 aliphatic heterocycles. The molecule has 13 nitrogen and oxygen atoms in total. The van der Waals surface area contributed by atoms with E-state index in [1.165, 1.54) is 103 Å². The summed E-state index contributed by atoms with van der Waals surface area (Å²) in [5, 5.41) is 49.8. The molecule has 1 fully saturated rings. The van der Waals surface area contributed by atoms with E-state index >= 15 is 0 Å². The van der Waals surface area contributed by atoms with Crippen LogP contribution < -0.4 is 0 Å². The Bertz CT molecular complexity index is 954. The van der Waals surface area contributed by atoms with E-state index in [4.69, 9.17) is 18.5 Å². The van der Waals surface area contributed by atoms with Crippen LogP contribution in [-0.4, -0.2) is 98.3 Å². The first-order valence-electron chi connectivity index (χ1n) is 20.8. The molecule has 0 saturated heterocycles. The lowest BCUT2D eigenvalue weighted by Gasteiger charge is -2.41. The van der Waals surface area contributed by atoms with Gasteiger partial charge < -0.3 is 39.9 Å². The van der Waals surface area contributed by atoms with Gasteiger partial charge in [0, 0.05) is 12.8 Å². The quantitative estimate of drug-likeness (QED) is 0.0222. The average molecular weight is 783 g/mol. The van der Waals surface area contributed by atoms with Crippen LogP contribution in [0.5, 0.6) is 0 Å². The van der Waals surface area contributed by atoms with Crippen LogP contribution in [0.4, 0.5) is 0 Å². The molecule has 314 valence electrons. The lowest BCUT2D eigenvalue weighted by atomic mass is 9.85. The summed E-state index contributed by atoms with van der Waals surface area (Å²) in [6, 6.07) is 0. The number of ether oxygens (including phenoxy) is 2. The summed E-state index contributed by atoms with van der Waals surface area (Å²) < 4.78 is 33.1. The van der Waals surface area contributed by atoms with Crippen LogP contribution in [0.25, 0.3) is 0 Å². The highest BCUT2D eigenvalue weighted by Gasteiger charge is 2.51. The minimum atomic E-state index is -5.09. The third-order valence-electron chi connectivity index (χ3n) is 9.95. The molecule has 6 N–H and O–H groups in total. The van der Waals surface area contributed by atoms with Crippen molar-refractivity contribution in [2.75, 3.05) is 13.2 Å². The summed E-state index contributed by atoms with van der Waals surface area (Å²) in [5.41, 5.74) is 0. The number of unbranched alkanes of at least 4 members (excludes halogenated alkanes) is 22. The zero-order chi connectivity index (χ0) is 39.3. The number of esters is 2. The first-order valence-corrected chi connectivity index (χ1v) is 22.3. The van der Waals surface area contributed by atoms with Crippen LogP contribution in [0.2, 0.25) is 0 Å². The van der Waals surface area contributed by atoms with E-state index < -0.39 is 75.7 Å². The van der Waals surface area contributed by atoms with Crippen LogP contribution in [0, 0.1) is 0 Å². The summed E-state index contributed by atoms with van der Waals surface area (Å²) in [4.78, 5) is 35.1. The van der Waals surface area contributed by atoms with Crippen molar-refractivity contribution >= 4 is 19.8 Å². The monoisotopic (exact) mass is 782 g/mol. The molecule has 14 heteroatoms. The Balaban J connectivity index is 2.33. The van der Waals surface area contributed by atoms with Crippen molar-refractivity contribution in [3.05, 3.63) is 0 Å². The van der Waals surface area contributed by atoms with Gasteiger partial charge in [-0.2, -0.15) is 0 Å². The van der Waals surface area contributed by atoms with Gasteiger partial charge >= 0.3 is 19.8 Å². The van der Waals surface area contributed by atoms with Crippen molar-refractivity contribution < 1.29 is 63.1 Å². The molecule has 0 spiro atoms. The van der Waals surface area contributed by atoms with E-state index in [1.807, 2.05) is 6.92 Å². The van der Waals surface area contributed by atoms with Gasteiger partial charge in [-0.05, 0) is 12.8 Å². The molecule has 6 atom stereocenters. The molecule has 0 bridgehead atoms. The number of aliphatic hydroxyl groups excluding tert-OH is 5. The largest absolute Gasteiger partial charge is 0.472 e. The van der Waals surface area contributed by atoms with E-state index in [9.17, 15) is 44.6 Å². The van der Waals surface area contributed by atoms with Gasteiger partial charge in [0.2, 0.25) is 0 Å². The number of aliphatic hydroxyl groups is 5. The Morgan fingerprint density at radius 3 is 1.26 bits per heavy atom. The lowest BCUT2D eigenvalue weighted by Crippen LogP contribution is -2.64. The number of carbonyl (C=O) groups is 2. The van der Waals surface area contributed by atoms with Gasteiger partial charge in [-0.25, -0.2) is 4.57 Å². The van der Waals surface area contributed by atoms with E-state index in [-0.39, 0.29) is 12.8 Å². The molecular formula is C39H75O13P. The summed E-state index contributed by atoms with van der Waals surface area (Å²) in [6.45, 7) is 3.15. The Morgan fingerprint density at radius 2 is 0.849 bits per heavy atom. The minimum Gasteiger partial charge on any atom is -0.462 e. The maximum atomic E-state index is 12.7. The van der Waals surface area contributed by atoms with Gasteiger partial charge in [-0.3, -0.25) is 18.6 Å². The van der Waals surface area contributed by atoms with Crippen LogP contribution in [0.3, 0.4) is 0 Å². The van der Waals surface area contributed by atoms with Crippen molar-refractivity contribution in [1.29, 1.82) is 0 Å². The molecular weight excluding hydrogens is 707 g/mol. The molecule has 0 heterocycles.